The van der Waals surface area contributed by atoms with Gasteiger partial charge in [-0.1, -0.05) is 11.6 Å². The quantitative estimate of drug-likeness (QED) is 0.406. The fraction of sp³-hybridized carbons (Fsp3) is 0.167. The fourth-order valence-electron chi connectivity index (χ4n) is 2.43. The topological polar surface area (TPSA) is 104 Å². The molecule has 0 spiro atoms. The van der Waals surface area contributed by atoms with Crippen LogP contribution in [0.2, 0.25) is 5.02 Å². The first-order valence-corrected chi connectivity index (χ1v) is 8.20. The number of rotatable bonds is 5. The molecule has 0 amide bonds. The Morgan fingerprint density at radius 1 is 1.22 bits per heavy atom. The first-order valence-electron chi connectivity index (χ1n) is 7.82. The van der Waals surface area contributed by atoms with Crippen LogP contribution in [0.4, 0.5) is 5.69 Å². The summed E-state index contributed by atoms with van der Waals surface area (Å²) >= 11 is 6.06. The second-order valence-electron chi connectivity index (χ2n) is 5.55. The van der Waals surface area contributed by atoms with Gasteiger partial charge in [-0.2, -0.15) is 0 Å². The Morgan fingerprint density at radius 2 is 1.93 bits per heavy atom. The molecule has 0 unspecified atom stereocenters. The predicted octanol–water partition coefficient (Wildman–Crippen LogP) is 1.66. The number of hydrogen-bond donors (Lipinski definition) is 1. The molecule has 0 aliphatic heterocycles. The molecule has 140 valence electrons. The van der Waals surface area contributed by atoms with Crippen molar-refractivity contribution in [2.75, 3.05) is 14.2 Å². The molecule has 0 saturated heterocycles. The van der Waals surface area contributed by atoms with E-state index in [1.165, 1.54) is 18.9 Å². The fourth-order valence-corrected chi connectivity index (χ4v) is 2.58. The summed E-state index contributed by atoms with van der Waals surface area (Å²) in [5, 5.41) is 15.6. The summed E-state index contributed by atoms with van der Waals surface area (Å²) in [5.74, 6) is 0.153. The number of nitrogens with one attached hydrogen (secondary N) is 1. The van der Waals surface area contributed by atoms with Crippen LogP contribution < -0.4 is 24.9 Å². The number of aliphatic imine (C=N–C) groups is 1. The average Bonchev–Trinajstić information content (AvgIpc) is 3.06. The molecule has 3 aromatic rings. The number of hydrogen-bond acceptors (Lipinski definition) is 6. The first-order chi connectivity index (χ1) is 12.9. The molecule has 0 aliphatic rings. The molecule has 2 aromatic carbocycles. The van der Waals surface area contributed by atoms with Crippen LogP contribution in [0, 0.1) is 6.92 Å². The number of aryl methyl sites for hydroxylation is 1. The first kappa shape index (κ1) is 18.5. The molecule has 27 heavy (non-hydrogen) atoms. The van der Waals surface area contributed by atoms with Crippen LogP contribution in [0.5, 0.6) is 11.5 Å². The number of halogens is 1. The van der Waals surface area contributed by atoms with E-state index >= 15 is 0 Å². The van der Waals surface area contributed by atoms with E-state index in [1.54, 1.807) is 43.3 Å². The summed E-state index contributed by atoms with van der Waals surface area (Å²) in [4.78, 5) is 16.1. The maximum atomic E-state index is 12.7. The van der Waals surface area contributed by atoms with Crippen molar-refractivity contribution in [3.63, 3.8) is 0 Å². The zero-order chi connectivity index (χ0) is 19.6. The van der Waals surface area contributed by atoms with Gasteiger partial charge in [0.2, 0.25) is 5.69 Å². The van der Waals surface area contributed by atoms with E-state index in [2.05, 4.69) is 10.3 Å². The predicted molar refractivity (Wildman–Crippen MR) is 96.4 cm³/mol. The molecule has 0 atom stereocenters. The summed E-state index contributed by atoms with van der Waals surface area (Å²) in [6.07, 6.45) is 0. The Hall–Kier alpha value is -3.26. The highest BCUT2D eigenvalue weighted by atomic mass is 35.5. The molecule has 0 fully saturated rings. The zero-order valence-corrected chi connectivity index (χ0v) is 15.5. The maximum absolute atomic E-state index is 12.7. The van der Waals surface area contributed by atoms with Gasteiger partial charge in [-0.05, 0) is 40.6 Å². The number of H-pyrrole nitrogens is 1. The molecular formula is C18H16ClN3O5. The van der Waals surface area contributed by atoms with Gasteiger partial charge < -0.3 is 14.6 Å². The van der Waals surface area contributed by atoms with E-state index < -0.39 is 11.5 Å². The summed E-state index contributed by atoms with van der Waals surface area (Å²) in [6, 6.07) is 9.85. The molecule has 0 aliphatic carbocycles. The van der Waals surface area contributed by atoms with Crippen LogP contribution >= 0.6 is 11.6 Å². The van der Waals surface area contributed by atoms with Crippen molar-refractivity contribution in [3.05, 3.63) is 63.1 Å². The van der Waals surface area contributed by atoms with Crippen LogP contribution in [0.1, 0.15) is 11.3 Å². The molecule has 1 N–H and O–H groups in total. The molecule has 0 saturated carbocycles. The minimum Gasteiger partial charge on any atom is -0.854 e. The van der Waals surface area contributed by atoms with Gasteiger partial charge in [-0.15, -0.1) is 0 Å². The lowest BCUT2D eigenvalue weighted by Gasteiger charge is -2.10. The third-order valence-electron chi connectivity index (χ3n) is 3.86. The van der Waals surface area contributed by atoms with E-state index in [4.69, 9.17) is 25.6 Å². The molecule has 3 rings (SSSR count). The summed E-state index contributed by atoms with van der Waals surface area (Å²) in [5.41, 5.74) is 0.345. The monoisotopic (exact) mass is 389 g/mol. The number of aromatic nitrogens is 2. The summed E-state index contributed by atoms with van der Waals surface area (Å²) in [6.45, 7) is 1.77. The summed E-state index contributed by atoms with van der Waals surface area (Å²) in [7, 11) is 2.98. The standard InChI is InChI=1S/C18H16ClN3O5/c1-10-8-14(15(26-3)9-13(10)19)20-17(23)16-18(24)27-21-22(16)11-4-6-12(25-2)7-5-11/h4-9H,1-3H3,(H-,20,21,23,24). The van der Waals surface area contributed by atoms with Crippen LogP contribution in [0.3, 0.4) is 0 Å². The number of aromatic amines is 1. The van der Waals surface area contributed by atoms with Crippen molar-refractivity contribution < 1.29 is 23.8 Å². The van der Waals surface area contributed by atoms with E-state index in [-0.39, 0.29) is 11.4 Å². The third kappa shape index (κ3) is 3.65. The van der Waals surface area contributed by atoms with Crippen LogP contribution in [-0.2, 0) is 0 Å². The minimum atomic E-state index is -0.843. The highest BCUT2D eigenvalue weighted by Gasteiger charge is 2.24. The smallest absolute Gasteiger partial charge is 0.436 e. The molecule has 0 radical (unpaired) electrons. The number of methoxy groups -OCH3 is 2. The maximum Gasteiger partial charge on any atom is 0.436 e. The van der Waals surface area contributed by atoms with Gasteiger partial charge in [0, 0.05) is 23.2 Å². The molecule has 8 nitrogen and oxygen atoms in total. The van der Waals surface area contributed by atoms with Crippen molar-refractivity contribution in [3.8, 4) is 17.2 Å². The third-order valence-corrected chi connectivity index (χ3v) is 4.27. The van der Waals surface area contributed by atoms with Crippen molar-refractivity contribution in [1.82, 2.24) is 5.27 Å². The number of nitrogens with zero attached hydrogens (tertiary/aromatic N) is 2. The number of ether oxygens (including phenoxy) is 2. The molecule has 1 heterocycles. The Morgan fingerprint density at radius 3 is 2.56 bits per heavy atom. The van der Waals surface area contributed by atoms with Crippen molar-refractivity contribution in [2.24, 2.45) is 4.99 Å². The number of benzene rings is 2. The Balaban J connectivity index is 2.09. The summed E-state index contributed by atoms with van der Waals surface area (Å²) < 4.78 is 16.3. The highest BCUT2D eigenvalue weighted by Crippen LogP contribution is 2.33. The lowest BCUT2D eigenvalue weighted by molar-refractivity contribution is -0.673. The molecular weight excluding hydrogens is 374 g/mol. The normalized spacial score (nSPS) is 11.5. The van der Waals surface area contributed by atoms with Crippen LogP contribution in [0.15, 0.2) is 50.7 Å². The van der Waals surface area contributed by atoms with E-state index in [0.717, 1.165) is 0 Å². The van der Waals surface area contributed by atoms with Gasteiger partial charge in [0.05, 0.1) is 20.1 Å². The lowest BCUT2D eigenvalue weighted by Crippen LogP contribution is -2.44. The van der Waals surface area contributed by atoms with Gasteiger partial charge in [-0.25, -0.2) is 4.79 Å². The lowest BCUT2D eigenvalue weighted by atomic mass is 10.2. The molecule has 0 bridgehead atoms. The van der Waals surface area contributed by atoms with Crippen molar-refractivity contribution >= 4 is 23.2 Å². The second kappa shape index (κ2) is 7.55. The Bertz CT molecular complexity index is 1050. The van der Waals surface area contributed by atoms with E-state index in [9.17, 15) is 9.90 Å². The van der Waals surface area contributed by atoms with Crippen molar-refractivity contribution in [1.29, 1.82) is 0 Å². The van der Waals surface area contributed by atoms with Crippen molar-refractivity contribution in [2.45, 2.75) is 6.92 Å². The second-order valence-corrected chi connectivity index (χ2v) is 5.96. The van der Waals surface area contributed by atoms with Crippen LogP contribution in [0.25, 0.3) is 5.69 Å². The van der Waals surface area contributed by atoms with Crippen LogP contribution in [-0.4, -0.2) is 25.4 Å². The van der Waals surface area contributed by atoms with Gasteiger partial charge in [0.25, 0.3) is 0 Å². The SMILES string of the molecule is COc1ccc(-[n+]2[nH]oc(=O)c2C([O-])=Nc2cc(C)c(Cl)cc2OC)cc1. The van der Waals surface area contributed by atoms with E-state index in [1.807, 2.05) is 0 Å². The van der Waals surface area contributed by atoms with E-state index in [0.29, 0.717) is 27.8 Å². The average molecular weight is 390 g/mol. The Kier molecular flexibility index (Phi) is 5.18. The largest absolute Gasteiger partial charge is 0.854 e. The Labute approximate surface area is 159 Å². The minimum absolute atomic E-state index is 0.256. The zero-order valence-electron chi connectivity index (χ0n) is 14.8. The van der Waals surface area contributed by atoms with Gasteiger partial charge in [-0.3, -0.25) is 9.52 Å². The van der Waals surface area contributed by atoms with Gasteiger partial charge >= 0.3 is 11.3 Å². The highest BCUT2D eigenvalue weighted by molar-refractivity contribution is 6.31. The molecule has 1 aromatic heterocycles. The van der Waals surface area contributed by atoms with Gasteiger partial charge in [0.1, 0.15) is 17.2 Å². The van der Waals surface area contributed by atoms with Gasteiger partial charge in [0.15, 0.2) is 0 Å². The molecule has 9 heteroatoms.